The number of aromatic amines is 1. The molecule has 0 unspecified atom stereocenters. The molecular formula is C25H29F4N7O4. The number of carbonyl (C=O) groups excluding carboxylic acids is 1. The fraction of sp³-hybridized carbons (Fsp3) is 0.520. The Labute approximate surface area is 226 Å². The number of pyridine rings is 2. The van der Waals surface area contributed by atoms with Gasteiger partial charge in [0.1, 0.15) is 18.0 Å². The van der Waals surface area contributed by atoms with E-state index in [1.165, 1.54) is 7.05 Å². The molecule has 2 atom stereocenters. The van der Waals surface area contributed by atoms with Crippen LogP contribution in [0.4, 0.5) is 33.7 Å². The van der Waals surface area contributed by atoms with Gasteiger partial charge < -0.3 is 29.2 Å². The topological polar surface area (TPSA) is 118 Å². The number of hydrogen-bond acceptors (Lipinski definition) is 7. The summed E-state index contributed by atoms with van der Waals surface area (Å²) in [7, 11) is 2.50. The molecule has 2 aliphatic rings. The van der Waals surface area contributed by atoms with Gasteiger partial charge in [0.2, 0.25) is 5.88 Å². The van der Waals surface area contributed by atoms with Crippen molar-refractivity contribution in [3.63, 3.8) is 0 Å². The summed E-state index contributed by atoms with van der Waals surface area (Å²) in [6.45, 7) is 1.57. The molecule has 5 rings (SSSR count). The van der Waals surface area contributed by atoms with Crippen LogP contribution in [0.15, 0.2) is 29.3 Å². The first-order chi connectivity index (χ1) is 19.0. The molecule has 0 aliphatic carbocycles. The second kappa shape index (κ2) is 10.9. The lowest BCUT2D eigenvalue weighted by atomic mass is 10.0. The van der Waals surface area contributed by atoms with Gasteiger partial charge in [0, 0.05) is 39.7 Å². The zero-order valence-corrected chi connectivity index (χ0v) is 21.9. The average molecular weight is 568 g/mol. The van der Waals surface area contributed by atoms with Gasteiger partial charge in [0.25, 0.3) is 5.56 Å². The molecule has 3 aromatic heterocycles. The van der Waals surface area contributed by atoms with Crippen molar-refractivity contribution in [1.82, 2.24) is 24.6 Å². The molecule has 216 valence electrons. The number of nitrogens with zero attached hydrogens (tertiary/aromatic N) is 5. The predicted molar refractivity (Wildman–Crippen MR) is 137 cm³/mol. The highest BCUT2D eigenvalue weighted by molar-refractivity contribution is 5.89. The Bertz CT molecular complexity index is 1440. The SMILES string of the molecule is CN(C(=O)Nc1cc(C(F)(F)F)cn(C)c1=O)[C@@H]1CCN(c2cnc3[nH]nc(OC4CCOCC4)c3c2)C[C@@H]1F. The lowest BCUT2D eigenvalue weighted by Crippen LogP contribution is -2.54. The van der Waals surface area contributed by atoms with Crippen molar-refractivity contribution in [2.24, 2.45) is 7.05 Å². The maximum absolute atomic E-state index is 15.4. The fourth-order valence-electron chi connectivity index (χ4n) is 4.96. The molecule has 5 heterocycles. The average Bonchev–Trinajstić information content (AvgIpc) is 3.32. The Morgan fingerprint density at radius 3 is 2.70 bits per heavy atom. The van der Waals surface area contributed by atoms with Crippen molar-refractivity contribution in [2.45, 2.75) is 43.8 Å². The largest absolute Gasteiger partial charge is 0.473 e. The van der Waals surface area contributed by atoms with Crippen LogP contribution in [0, 0.1) is 0 Å². The van der Waals surface area contributed by atoms with E-state index in [9.17, 15) is 22.8 Å². The van der Waals surface area contributed by atoms with E-state index < -0.39 is 41.2 Å². The summed E-state index contributed by atoms with van der Waals surface area (Å²) in [6, 6.07) is 0.661. The van der Waals surface area contributed by atoms with Crippen molar-refractivity contribution >= 4 is 28.4 Å². The highest BCUT2D eigenvalue weighted by Crippen LogP contribution is 2.31. The van der Waals surface area contributed by atoms with E-state index >= 15 is 4.39 Å². The van der Waals surface area contributed by atoms with Gasteiger partial charge in [0.05, 0.1) is 48.6 Å². The number of urea groups is 1. The molecule has 2 saturated heterocycles. The molecule has 0 radical (unpaired) electrons. The number of aryl methyl sites for hydroxylation is 1. The number of alkyl halides is 4. The lowest BCUT2D eigenvalue weighted by Gasteiger charge is -2.39. The molecule has 0 aromatic carbocycles. The summed E-state index contributed by atoms with van der Waals surface area (Å²) < 4.78 is 67.1. The third-order valence-electron chi connectivity index (χ3n) is 7.26. The van der Waals surface area contributed by atoms with Gasteiger partial charge in [0.15, 0.2) is 5.65 Å². The molecule has 2 aliphatic heterocycles. The Morgan fingerprint density at radius 1 is 1.25 bits per heavy atom. The highest BCUT2D eigenvalue weighted by Gasteiger charge is 2.36. The maximum Gasteiger partial charge on any atom is 0.417 e. The number of nitrogens with one attached hydrogen (secondary N) is 2. The molecule has 3 aromatic rings. The van der Waals surface area contributed by atoms with Crippen molar-refractivity contribution in [1.29, 1.82) is 0 Å². The molecule has 0 saturated carbocycles. The van der Waals surface area contributed by atoms with Crippen LogP contribution in [0.1, 0.15) is 24.8 Å². The summed E-state index contributed by atoms with van der Waals surface area (Å²) in [4.78, 5) is 32.4. The second-order valence-corrected chi connectivity index (χ2v) is 9.96. The molecular weight excluding hydrogens is 538 g/mol. The number of fused-ring (bicyclic) bond motifs is 1. The number of hydrogen-bond donors (Lipinski definition) is 2. The number of piperidine rings is 1. The predicted octanol–water partition coefficient (Wildman–Crippen LogP) is 3.31. The minimum Gasteiger partial charge on any atom is -0.473 e. The number of rotatable bonds is 5. The van der Waals surface area contributed by atoms with Crippen LogP contribution >= 0.6 is 0 Å². The number of halogens is 4. The Balaban J connectivity index is 1.25. The van der Waals surface area contributed by atoms with E-state index in [1.807, 2.05) is 6.07 Å². The van der Waals surface area contributed by atoms with Gasteiger partial charge in [-0.3, -0.25) is 9.89 Å². The smallest absolute Gasteiger partial charge is 0.417 e. The van der Waals surface area contributed by atoms with Gasteiger partial charge in [-0.05, 0) is 18.6 Å². The van der Waals surface area contributed by atoms with Crippen molar-refractivity contribution in [2.75, 3.05) is 43.6 Å². The molecule has 0 spiro atoms. The quantitative estimate of drug-likeness (QED) is 0.455. The zero-order chi connectivity index (χ0) is 28.6. The molecule has 2 amide bonds. The van der Waals surface area contributed by atoms with E-state index in [4.69, 9.17) is 9.47 Å². The number of carbonyl (C=O) groups is 1. The summed E-state index contributed by atoms with van der Waals surface area (Å²) in [5.41, 5.74) is -1.25. The van der Waals surface area contributed by atoms with Gasteiger partial charge in [-0.25, -0.2) is 14.2 Å². The van der Waals surface area contributed by atoms with Gasteiger partial charge >= 0.3 is 12.2 Å². The Hall–Kier alpha value is -3.88. The van der Waals surface area contributed by atoms with Crippen molar-refractivity contribution in [3.8, 4) is 5.88 Å². The monoisotopic (exact) mass is 567 g/mol. The van der Waals surface area contributed by atoms with Crippen LogP contribution in [0.3, 0.4) is 0 Å². The van der Waals surface area contributed by atoms with E-state index in [1.54, 1.807) is 11.1 Å². The zero-order valence-electron chi connectivity index (χ0n) is 21.9. The maximum atomic E-state index is 15.4. The van der Waals surface area contributed by atoms with Crippen molar-refractivity contribution < 1.29 is 31.8 Å². The van der Waals surface area contributed by atoms with Crippen LogP contribution in [0.5, 0.6) is 5.88 Å². The Morgan fingerprint density at radius 2 is 2.00 bits per heavy atom. The van der Waals surface area contributed by atoms with Crippen LogP contribution in [-0.4, -0.2) is 82.3 Å². The van der Waals surface area contributed by atoms with Crippen LogP contribution in [-0.2, 0) is 18.0 Å². The summed E-state index contributed by atoms with van der Waals surface area (Å²) in [5.74, 6) is 0.417. The van der Waals surface area contributed by atoms with Gasteiger partial charge in [-0.2, -0.15) is 13.2 Å². The number of amides is 2. The number of H-pyrrole nitrogens is 1. The van der Waals surface area contributed by atoms with Gasteiger partial charge in [-0.15, -0.1) is 5.10 Å². The minimum absolute atomic E-state index is 0.0207. The molecule has 11 nitrogen and oxygen atoms in total. The molecule has 0 bridgehead atoms. The van der Waals surface area contributed by atoms with Crippen LogP contribution in [0.2, 0.25) is 0 Å². The van der Waals surface area contributed by atoms with E-state index in [2.05, 4.69) is 20.5 Å². The second-order valence-electron chi connectivity index (χ2n) is 9.96. The summed E-state index contributed by atoms with van der Waals surface area (Å²) in [6.07, 6.45) is -2.22. The van der Waals surface area contributed by atoms with Crippen LogP contribution < -0.4 is 20.5 Å². The number of ether oxygens (including phenoxy) is 2. The normalized spacial score (nSPS) is 20.5. The summed E-state index contributed by atoms with van der Waals surface area (Å²) in [5, 5.41) is 9.95. The van der Waals surface area contributed by atoms with E-state index in [0.717, 1.165) is 29.4 Å². The standard InChI is InChI=1S/C25H29F4N7O4/c1-34-12-14(25(27,28)29)9-19(23(34)37)31-24(38)35(2)20-3-6-36(13-18(20)26)15-10-17-21(30-11-15)32-33-22(17)40-16-4-7-39-8-5-16/h9-12,16,18,20H,3-8,13H2,1-2H3,(H,31,38)(H,30,32,33)/t18-,20+/m0/s1. The van der Waals surface area contributed by atoms with E-state index in [-0.39, 0.29) is 19.1 Å². The summed E-state index contributed by atoms with van der Waals surface area (Å²) >= 11 is 0. The number of aromatic nitrogens is 4. The first-order valence-corrected chi connectivity index (χ1v) is 12.8. The van der Waals surface area contributed by atoms with Crippen molar-refractivity contribution in [3.05, 3.63) is 40.4 Å². The first-order valence-electron chi connectivity index (χ1n) is 12.8. The molecule has 2 fully saturated rings. The minimum atomic E-state index is -4.71. The first kappa shape index (κ1) is 27.7. The van der Waals surface area contributed by atoms with E-state index in [0.29, 0.717) is 54.6 Å². The van der Waals surface area contributed by atoms with Gasteiger partial charge in [-0.1, -0.05) is 0 Å². The Kier molecular flexibility index (Phi) is 7.57. The lowest BCUT2D eigenvalue weighted by molar-refractivity contribution is -0.138. The molecule has 15 heteroatoms. The molecule has 40 heavy (non-hydrogen) atoms. The fourth-order valence-corrected chi connectivity index (χ4v) is 4.96. The molecule has 2 N–H and O–H groups in total. The highest BCUT2D eigenvalue weighted by atomic mass is 19.4. The number of anilines is 2. The third kappa shape index (κ3) is 5.69. The van der Waals surface area contributed by atoms with Crippen LogP contribution in [0.25, 0.3) is 11.0 Å². The third-order valence-corrected chi connectivity index (χ3v) is 7.26.